The standard InChI is InChI=1S/C18H23NO2S/c1-13(14(2)21-3)17(20)12-16(18-19-9-10-22-18)11-15-7-5-4-6-8-15/h4-10,13-14,16H,11-12H2,1-3H3/t13-,14+,16-/m1/s1. The van der Waals surface area contributed by atoms with Crippen molar-refractivity contribution in [3.05, 3.63) is 52.5 Å². The molecule has 0 radical (unpaired) electrons. The lowest BCUT2D eigenvalue weighted by molar-refractivity contribution is -0.126. The number of hydrogen-bond acceptors (Lipinski definition) is 4. The minimum atomic E-state index is -0.0942. The zero-order valence-electron chi connectivity index (χ0n) is 13.4. The minimum absolute atomic E-state index is 0.0545. The molecule has 1 aromatic carbocycles. The van der Waals surface area contributed by atoms with Gasteiger partial charge in [0, 0.05) is 36.9 Å². The van der Waals surface area contributed by atoms with E-state index in [1.807, 2.05) is 43.6 Å². The normalized spacial score (nSPS) is 15.2. The number of rotatable bonds is 8. The Hall–Kier alpha value is -1.52. The number of ether oxygens (including phenoxy) is 1. The summed E-state index contributed by atoms with van der Waals surface area (Å²) >= 11 is 1.62. The molecule has 2 aromatic rings. The van der Waals surface area contributed by atoms with Crippen molar-refractivity contribution in [2.45, 2.75) is 38.7 Å². The van der Waals surface area contributed by atoms with Crippen LogP contribution in [0.25, 0.3) is 0 Å². The second-order valence-corrected chi connectivity index (χ2v) is 6.58. The lowest BCUT2D eigenvalue weighted by Crippen LogP contribution is -2.26. The Bertz CT molecular complexity index is 568. The molecule has 0 N–H and O–H groups in total. The summed E-state index contributed by atoms with van der Waals surface area (Å²) in [4.78, 5) is 17.0. The summed E-state index contributed by atoms with van der Waals surface area (Å²) in [5.74, 6) is 0.287. The number of Topliss-reactive ketones (excluding diaryl/α,β-unsaturated/α-hetero) is 1. The highest BCUT2D eigenvalue weighted by Gasteiger charge is 2.25. The van der Waals surface area contributed by atoms with Gasteiger partial charge < -0.3 is 4.74 Å². The predicted octanol–water partition coefficient (Wildman–Crippen LogP) is 4.10. The molecule has 1 aromatic heterocycles. The molecule has 3 nitrogen and oxygen atoms in total. The third kappa shape index (κ3) is 4.49. The van der Waals surface area contributed by atoms with Gasteiger partial charge in [0.25, 0.3) is 0 Å². The molecule has 2 rings (SSSR count). The number of benzene rings is 1. The highest BCUT2D eigenvalue weighted by atomic mass is 32.1. The van der Waals surface area contributed by atoms with E-state index >= 15 is 0 Å². The quantitative estimate of drug-likeness (QED) is 0.736. The molecule has 0 aliphatic heterocycles. The highest BCUT2D eigenvalue weighted by molar-refractivity contribution is 7.09. The topological polar surface area (TPSA) is 39.2 Å². The van der Waals surface area contributed by atoms with Crippen molar-refractivity contribution < 1.29 is 9.53 Å². The Kier molecular flexibility index (Phi) is 6.28. The van der Waals surface area contributed by atoms with Gasteiger partial charge in [0.1, 0.15) is 5.78 Å². The van der Waals surface area contributed by atoms with Crippen LogP contribution in [0, 0.1) is 5.92 Å². The molecule has 0 bridgehead atoms. The van der Waals surface area contributed by atoms with E-state index < -0.39 is 0 Å². The van der Waals surface area contributed by atoms with Gasteiger partial charge in [0.15, 0.2) is 0 Å². The molecule has 0 aliphatic carbocycles. The van der Waals surface area contributed by atoms with Gasteiger partial charge in [-0.2, -0.15) is 0 Å². The number of carbonyl (C=O) groups excluding carboxylic acids is 1. The first-order valence-corrected chi connectivity index (χ1v) is 8.48. The van der Waals surface area contributed by atoms with Gasteiger partial charge >= 0.3 is 0 Å². The van der Waals surface area contributed by atoms with Gasteiger partial charge in [-0.1, -0.05) is 37.3 Å². The van der Waals surface area contributed by atoms with E-state index in [2.05, 4.69) is 17.1 Å². The number of methoxy groups -OCH3 is 1. The van der Waals surface area contributed by atoms with Crippen LogP contribution >= 0.6 is 11.3 Å². The van der Waals surface area contributed by atoms with Gasteiger partial charge in [-0.3, -0.25) is 4.79 Å². The maximum atomic E-state index is 12.5. The Labute approximate surface area is 136 Å². The van der Waals surface area contributed by atoms with E-state index in [4.69, 9.17) is 4.74 Å². The van der Waals surface area contributed by atoms with E-state index in [0.29, 0.717) is 6.42 Å². The smallest absolute Gasteiger partial charge is 0.138 e. The van der Waals surface area contributed by atoms with Crippen LogP contribution in [0.2, 0.25) is 0 Å². The summed E-state index contributed by atoms with van der Waals surface area (Å²) in [7, 11) is 1.65. The molecule has 0 spiro atoms. The van der Waals surface area contributed by atoms with Crippen LogP contribution < -0.4 is 0 Å². The molecule has 0 saturated carbocycles. The first kappa shape index (κ1) is 16.8. The largest absolute Gasteiger partial charge is 0.381 e. The number of aromatic nitrogens is 1. The average Bonchev–Trinajstić information content (AvgIpc) is 3.08. The molecule has 1 heterocycles. The van der Waals surface area contributed by atoms with E-state index in [-0.39, 0.29) is 23.7 Å². The second kappa shape index (κ2) is 8.20. The lowest BCUT2D eigenvalue weighted by Gasteiger charge is -2.20. The van der Waals surface area contributed by atoms with Crippen molar-refractivity contribution in [1.29, 1.82) is 0 Å². The number of ketones is 1. The average molecular weight is 317 g/mol. The number of nitrogens with zero attached hydrogens (tertiary/aromatic N) is 1. The van der Waals surface area contributed by atoms with Gasteiger partial charge in [-0.05, 0) is 18.9 Å². The molecule has 0 aliphatic rings. The summed E-state index contributed by atoms with van der Waals surface area (Å²) in [6, 6.07) is 10.3. The monoisotopic (exact) mass is 317 g/mol. The van der Waals surface area contributed by atoms with Crippen molar-refractivity contribution in [3.63, 3.8) is 0 Å². The zero-order chi connectivity index (χ0) is 15.9. The maximum Gasteiger partial charge on any atom is 0.138 e. The summed E-state index contributed by atoms with van der Waals surface area (Å²) in [5, 5.41) is 3.01. The van der Waals surface area contributed by atoms with Crippen molar-refractivity contribution in [2.24, 2.45) is 5.92 Å². The molecule has 3 atom stereocenters. The summed E-state index contributed by atoms with van der Waals surface area (Å²) in [6.45, 7) is 3.89. The maximum absolute atomic E-state index is 12.5. The summed E-state index contributed by atoms with van der Waals surface area (Å²) < 4.78 is 5.29. The van der Waals surface area contributed by atoms with Gasteiger partial charge in [-0.25, -0.2) is 4.98 Å². The van der Waals surface area contributed by atoms with Crippen molar-refractivity contribution in [2.75, 3.05) is 7.11 Å². The van der Waals surface area contributed by atoms with Crippen molar-refractivity contribution in [3.8, 4) is 0 Å². The van der Waals surface area contributed by atoms with E-state index in [0.717, 1.165) is 11.4 Å². The highest BCUT2D eigenvalue weighted by Crippen LogP contribution is 2.28. The summed E-state index contributed by atoms with van der Waals surface area (Å²) in [5.41, 5.74) is 1.24. The fourth-order valence-corrected chi connectivity index (χ4v) is 3.22. The van der Waals surface area contributed by atoms with Crippen molar-refractivity contribution in [1.82, 2.24) is 4.98 Å². The molecular weight excluding hydrogens is 294 g/mol. The molecule has 0 saturated heterocycles. The summed E-state index contributed by atoms with van der Waals surface area (Å²) in [6.07, 6.45) is 3.11. The third-order valence-corrected chi connectivity index (χ3v) is 5.09. The predicted molar refractivity (Wildman–Crippen MR) is 90.3 cm³/mol. The van der Waals surface area contributed by atoms with Crippen molar-refractivity contribution >= 4 is 17.1 Å². The molecule has 0 unspecified atom stereocenters. The van der Waals surface area contributed by atoms with Crippen LogP contribution in [-0.2, 0) is 16.0 Å². The molecule has 0 amide bonds. The van der Waals surface area contributed by atoms with E-state index in [1.165, 1.54) is 5.56 Å². The first-order chi connectivity index (χ1) is 10.6. The fraction of sp³-hybridized carbons (Fsp3) is 0.444. The molecular formula is C18H23NO2S. The fourth-order valence-electron chi connectivity index (χ4n) is 2.48. The molecule has 22 heavy (non-hydrogen) atoms. The Morgan fingerprint density at radius 3 is 2.59 bits per heavy atom. The zero-order valence-corrected chi connectivity index (χ0v) is 14.2. The van der Waals surface area contributed by atoms with Crippen LogP contribution in [-0.4, -0.2) is 24.0 Å². The first-order valence-electron chi connectivity index (χ1n) is 7.60. The minimum Gasteiger partial charge on any atom is -0.381 e. The molecule has 0 fully saturated rings. The van der Waals surface area contributed by atoms with Crippen LogP contribution in [0.4, 0.5) is 0 Å². The number of carbonyl (C=O) groups is 1. The Morgan fingerprint density at radius 2 is 2.00 bits per heavy atom. The molecule has 118 valence electrons. The Balaban J connectivity index is 2.10. The second-order valence-electron chi connectivity index (χ2n) is 5.66. The van der Waals surface area contributed by atoms with Gasteiger partial charge in [0.05, 0.1) is 11.1 Å². The molecule has 4 heteroatoms. The third-order valence-electron chi connectivity index (χ3n) is 4.16. The van der Waals surface area contributed by atoms with Gasteiger partial charge in [-0.15, -0.1) is 11.3 Å². The van der Waals surface area contributed by atoms with E-state index in [1.54, 1.807) is 18.4 Å². The number of thiazole rings is 1. The van der Waals surface area contributed by atoms with Crippen LogP contribution in [0.3, 0.4) is 0 Å². The van der Waals surface area contributed by atoms with Crippen LogP contribution in [0.5, 0.6) is 0 Å². The van der Waals surface area contributed by atoms with E-state index in [9.17, 15) is 4.79 Å². The SMILES string of the molecule is CO[C@@H](C)[C@@H](C)C(=O)C[C@@H](Cc1ccccc1)c1nccs1. The Morgan fingerprint density at radius 1 is 1.27 bits per heavy atom. The van der Waals surface area contributed by atoms with Crippen LogP contribution in [0.1, 0.15) is 36.8 Å². The number of hydrogen-bond donors (Lipinski definition) is 0. The lowest BCUT2D eigenvalue weighted by atomic mass is 9.89. The van der Waals surface area contributed by atoms with Crippen LogP contribution in [0.15, 0.2) is 41.9 Å². The van der Waals surface area contributed by atoms with Gasteiger partial charge in [0.2, 0.25) is 0 Å².